The van der Waals surface area contributed by atoms with Crippen LogP contribution < -0.4 is 0 Å². The molecule has 0 aliphatic heterocycles. The Kier molecular flexibility index (Phi) is 5.22. The average Bonchev–Trinajstić information content (AvgIpc) is 2.74. The van der Waals surface area contributed by atoms with Crippen LogP contribution in [-0.4, -0.2) is 0 Å². The van der Waals surface area contributed by atoms with E-state index in [4.69, 9.17) is 0 Å². The molecule has 4 rings (SSSR count). The van der Waals surface area contributed by atoms with Crippen LogP contribution in [0.4, 0.5) is 13.2 Å². The number of hydrogen-bond acceptors (Lipinski definition) is 0. The summed E-state index contributed by atoms with van der Waals surface area (Å²) in [5, 5.41) is 0. The van der Waals surface area contributed by atoms with Crippen molar-refractivity contribution in [3.63, 3.8) is 0 Å². The molecule has 144 valence electrons. The standard InChI is InChI=1S/C26H19F3/c1-17-2-4-18(5-3-17)19-6-8-20(9-7-19)21-12-13-24(26(29)14-21)22-10-11-23(16-27)25(28)15-22/h2-15H,16H2,1H3. The van der Waals surface area contributed by atoms with Gasteiger partial charge in [0.05, 0.1) is 0 Å². The maximum absolute atomic E-state index is 14.7. The molecule has 0 heterocycles. The number of hydrogen-bond donors (Lipinski definition) is 0. The highest BCUT2D eigenvalue weighted by Crippen LogP contribution is 2.30. The van der Waals surface area contributed by atoms with Crippen molar-refractivity contribution in [2.75, 3.05) is 0 Å². The van der Waals surface area contributed by atoms with Crippen molar-refractivity contribution in [3.05, 3.63) is 108 Å². The molecule has 0 N–H and O–H groups in total. The fourth-order valence-corrected chi connectivity index (χ4v) is 3.35. The number of alkyl halides is 1. The van der Waals surface area contributed by atoms with Gasteiger partial charge in [-0.15, -0.1) is 0 Å². The zero-order valence-electron chi connectivity index (χ0n) is 15.9. The second-order valence-electron chi connectivity index (χ2n) is 7.08. The molecule has 0 nitrogen and oxygen atoms in total. The summed E-state index contributed by atoms with van der Waals surface area (Å²) in [7, 11) is 0. The van der Waals surface area contributed by atoms with Crippen LogP contribution in [0.5, 0.6) is 0 Å². The Bertz CT molecular complexity index is 1140. The summed E-state index contributed by atoms with van der Waals surface area (Å²) in [6.45, 7) is 1.17. The summed E-state index contributed by atoms with van der Waals surface area (Å²) in [6.07, 6.45) is 0. The summed E-state index contributed by atoms with van der Waals surface area (Å²) in [4.78, 5) is 0. The van der Waals surface area contributed by atoms with Gasteiger partial charge < -0.3 is 0 Å². The smallest absolute Gasteiger partial charge is 0.131 e. The molecule has 0 aliphatic rings. The van der Waals surface area contributed by atoms with Gasteiger partial charge in [-0.1, -0.05) is 78.4 Å². The van der Waals surface area contributed by atoms with E-state index in [1.54, 1.807) is 12.1 Å². The van der Waals surface area contributed by atoms with Crippen LogP contribution in [0.3, 0.4) is 0 Å². The first kappa shape index (κ1) is 19.0. The van der Waals surface area contributed by atoms with Crippen molar-refractivity contribution >= 4 is 0 Å². The molecule has 0 aromatic heterocycles. The zero-order valence-corrected chi connectivity index (χ0v) is 15.9. The number of aryl methyl sites for hydroxylation is 1. The van der Waals surface area contributed by atoms with Crippen LogP contribution in [-0.2, 0) is 6.67 Å². The van der Waals surface area contributed by atoms with E-state index in [2.05, 4.69) is 31.2 Å². The number of halogens is 3. The van der Waals surface area contributed by atoms with Crippen molar-refractivity contribution < 1.29 is 13.2 Å². The molecule has 0 amide bonds. The maximum Gasteiger partial charge on any atom is 0.131 e. The summed E-state index contributed by atoms with van der Waals surface area (Å²) < 4.78 is 41.3. The molecule has 0 saturated heterocycles. The summed E-state index contributed by atoms with van der Waals surface area (Å²) >= 11 is 0. The average molecular weight is 388 g/mol. The van der Waals surface area contributed by atoms with Crippen LogP contribution in [0.15, 0.2) is 84.9 Å². The quantitative estimate of drug-likeness (QED) is 0.335. The van der Waals surface area contributed by atoms with Gasteiger partial charge in [0.25, 0.3) is 0 Å². The van der Waals surface area contributed by atoms with Crippen LogP contribution in [0.2, 0.25) is 0 Å². The minimum atomic E-state index is -0.883. The highest BCUT2D eigenvalue weighted by Gasteiger charge is 2.10. The first-order valence-corrected chi connectivity index (χ1v) is 9.37. The van der Waals surface area contributed by atoms with Gasteiger partial charge in [0.15, 0.2) is 0 Å². The Morgan fingerprint density at radius 1 is 0.552 bits per heavy atom. The van der Waals surface area contributed by atoms with E-state index >= 15 is 0 Å². The Hall–Kier alpha value is -3.33. The zero-order chi connectivity index (χ0) is 20.4. The summed E-state index contributed by atoms with van der Waals surface area (Å²) in [5.41, 5.74) is 5.71. The number of rotatable bonds is 4. The molecule has 0 aliphatic carbocycles. The van der Waals surface area contributed by atoms with Gasteiger partial charge in [0.1, 0.15) is 18.3 Å². The van der Waals surface area contributed by atoms with Crippen molar-refractivity contribution in [1.29, 1.82) is 0 Å². The first-order chi connectivity index (χ1) is 14.0. The largest absolute Gasteiger partial charge is 0.246 e. The van der Waals surface area contributed by atoms with Crippen molar-refractivity contribution in [1.82, 2.24) is 0 Å². The molecule has 4 aromatic carbocycles. The SMILES string of the molecule is Cc1ccc(-c2ccc(-c3ccc(-c4ccc(CF)c(F)c4)c(F)c3)cc2)cc1. The molecule has 0 atom stereocenters. The van der Waals surface area contributed by atoms with E-state index in [-0.39, 0.29) is 11.1 Å². The minimum absolute atomic E-state index is 0.0283. The lowest BCUT2D eigenvalue weighted by Gasteiger charge is -2.09. The van der Waals surface area contributed by atoms with Crippen molar-refractivity contribution in [2.24, 2.45) is 0 Å². The van der Waals surface area contributed by atoms with Gasteiger partial charge in [-0.25, -0.2) is 13.2 Å². The van der Waals surface area contributed by atoms with Crippen molar-refractivity contribution in [3.8, 4) is 33.4 Å². The molecule has 0 radical (unpaired) electrons. The summed E-state index contributed by atoms with van der Waals surface area (Å²) in [6, 6.07) is 25.2. The van der Waals surface area contributed by atoms with E-state index in [0.717, 1.165) is 22.3 Å². The van der Waals surface area contributed by atoms with E-state index in [1.807, 2.05) is 24.3 Å². The molecule has 0 fully saturated rings. The molecular formula is C26H19F3. The Morgan fingerprint density at radius 3 is 1.59 bits per heavy atom. The molecule has 3 heteroatoms. The van der Waals surface area contributed by atoms with Gasteiger partial charge in [-0.2, -0.15) is 0 Å². The van der Waals surface area contributed by atoms with Gasteiger partial charge in [0.2, 0.25) is 0 Å². The lowest BCUT2D eigenvalue weighted by Crippen LogP contribution is -1.91. The van der Waals surface area contributed by atoms with Gasteiger partial charge in [-0.05, 0) is 46.9 Å². The van der Waals surface area contributed by atoms with E-state index in [1.165, 1.54) is 29.8 Å². The predicted molar refractivity (Wildman–Crippen MR) is 112 cm³/mol. The lowest BCUT2D eigenvalue weighted by atomic mass is 9.97. The maximum atomic E-state index is 14.7. The second-order valence-corrected chi connectivity index (χ2v) is 7.08. The third-order valence-electron chi connectivity index (χ3n) is 5.08. The first-order valence-electron chi connectivity index (χ1n) is 9.37. The molecular weight excluding hydrogens is 369 g/mol. The fourth-order valence-electron chi connectivity index (χ4n) is 3.35. The Labute approximate surface area is 168 Å². The molecule has 0 bridgehead atoms. The Balaban J connectivity index is 1.62. The third kappa shape index (κ3) is 3.95. The van der Waals surface area contributed by atoms with Crippen LogP contribution >= 0.6 is 0 Å². The normalized spacial score (nSPS) is 10.9. The molecule has 0 unspecified atom stereocenters. The number of benzene rings is 4. The van der Waals surface area contributed by atoms with E-state index in [0.29, 0.717) is 5.56 Å². The molecule has 29 heavy (non-hydrogen) atoms. The molecule has 0 spiro atoms. The van der Waals surface area contributed by atoms with Gasteiger partial charge >= 0.3 is 0 Å². The van der Waals surface area contributed by atoms with Crippen LogP contribution in [0, 0.1) is 18.6 Å². The predicted octanol–water partition coefficient (Wildman–Crippen LogP) is 7.74. The Morgan fingerprint density at radius 2 is 1.03 bits per heavy atom. The monoisotopic (exact) mass is 388 g/mol. The van der Waals surface area contributed by atoms with Gasteiger partial charge in [0, 0.05) is 11.1 Å². The highest BCUT2D eigenvalue weighted by atomic mass is 19.1. The third-order valence-corrected chi connectivity index (χ3v) is 5.08. The molecule has 0 saturated carbocycles. The van der Waals surface area contributed by atoms with E-state index in [9.17, 15) is 13.2 Å². The lowest BCUT2D eigenvalue weighted by molar-refractivity contribution is 0.464. The van der Waals surface area contributed by atoms with Gasteiger partial charge in [-0.3, -0.25) is 0 Å². The minimum Gasteiger partial charge on any atom is -0.246 e. The summed E-state index contributed by atoms with van der Waals surface area (Å²) in [5.74, 6) is -1.11. The molecule has 4 aromatic rings. The highest BCUT2D eigenvalue weighted by molar-refractivity contribution is 5.73. The topological polar surface area (TPSA) is 0 Å². The van der Waals surface area contributed by atoms with Crippen LogP contribution in [0.25, 0.3) is 33.4 Å². The fraction of sp³-hybridized carbons (Fsp3) is 0.0769. The van der Waals surface area contributed by atoms with Crippen molar-refractivity contribution in [2.45, 2.75) is 13.6 Å². The van der Waals surface area contributed by atoms with Crippen LogP contribution in [0.1, 0.15) is 11.1 Å². The second kappa shape index (κ2) is 7.96. The van der Waals surface area contributed by atoms with E-state index < -0.39 is 18.3 Å².